The number of amides is 1. The molecule has 6 nitrogen and oxygen atoms in total. The van der Waals surface area contributed by atoms with E-state index in [4.69, 9.17) is 4.74 Å². The van der Waals surface area contributed by atoms with E-state index in [-0.39, 0.29) is 0 Å². The zero-order chi connectivity index (χ0) is 16.8. The van der Waals surface area contributed by atoms with Crippen LogP contribution in [0.3, 0.4) is 0 Å². The Kier molecular flexibility index (Phi) is 6.26. The largest absolute Gasteiger partial charge is 0.378 e. The van der Waals surface area contributed by atoms with E-state index in [0.29, 0.717) is 18.4 Å². The van der Waals surface area contributed by atoms with Gasteiger partial charge in [-0.05, 0) is 32.6 Å². The zero-order valence-electron chi connectivity index (χ0n) is 14.8. The van der Waals surface area contributed by atoms with Gasteiger partial charge < -0.3 is 9.64 Å². The molecule has 3 rings (SSSR count). The van der Waals surface area contributed by atoms with Gasteiger partial charge in [0.15, 0.2) is 0 Å². The number of aromatic nitrogens is 2. The Hall–Kier alpha value is -1.40. The van der Waals surface area contributed by atoms with Gasteiger partial charge in [0.05, 0.1) is 12.3 Å². The quantitative estimate of drug-likeness (QED) is 0.797. The van der Waals surface area contributed by atoms with Crippen molar-refractivity contribution in [3.05, 3.63) is 18.0 Å². The lowest BCUT2D eigenvalue weighted by Crippen LogP contribution is -2.35. The SMILES string of the molecule is CCn1cc(CN2CCCN(C(=O)CC[C@H]3CCCO3)CC2)cn1. The van der Waals surface area contributed by atoms with Crippen molar-refractivity contribution in [3.63, 3.8) is 0 Å². The number of carbonyl (C=O) groups is 1. The molecule has 1 atom stereocenters. The van der Waals surface area contributed by atoms with E-state index in [1.165, 1.54) is 5.56 Å². The highest BCUT2D eigenvalue weighted by molar-refractivity contribution is 5.76. The smallest absolute Gasteiger partial charge is 0.222 e. The molecular formula is C18H30N4O2. The standard InChI is InChI=1S/C18H30N4O2/c1-2-22-15-16(13-19-22)14-20-8-4-9-21(11-10-20)18(23)7-6-17-5-3-12-24-17/h13,15,17H,2-12,14H2,1H3/t17-/m1/s1. The number of nitrogens with zero attached hydrogens (tertiary/aromatic N) is 4. The fraction of sp³-hybridized carbons (Fsp3) is 0.778. The van der Waals surface area contributed by atoms with Crippen LogP contribution in [0.25, 0.3) is 0 Å². The van der Waals surface area contributed by atoms with Crippen LogP contribution in [0.15, 0.2) is 12.4 Å². The second-order valence-corrected chi connectivity index (χ2v) is 6.89. The van der Waals surface area contributed by atoms with Crippen LogP contribution in [-0.2, 0) is 22.6 Å². The van der Waals surface area contributed by atoms with Crippen molar-refractivity contribution in [1.82, 2.24) is 19.6 Å². The molecule has 3 heterocycles. The molecule has 6 heteroatoms. The lowest BCUT2D eigenvalue weighted by molar-refractivity contribution is -0.131. The Morgan fingerprint density at radius 3 is 2.96 bits per heavy atom. The molecule has 2 aliphatic heterocycles. The highest BCUT2D eigenvalue weighted by Crippen LogP contribution is 2.18. The van der Waals surface area contributed by atoms with E-state index < -0.39 is 0 Å². The van der Waals surface area contributed by atoms with Gasteiger partial charge in [-0.3, -0.25) is 14.4 Å². The van der Waals surface area contributed by atoms with Gasteiger partial charge in [-0.2, -0.15) is 5.10 Å². The first-order valence-corrected chi connectivity index (χ1v) is 9.37. The number of ether oxygens (including phenoxy) is 1. The minimum atomic E-state index is 0.297. The van der Waals surface area contributed by atoms with Crippen LogP contribution < -0.4 is 0 Å². The Morgan fingerprint density at radius 1 is 1.29 bits per heavy atom. The van der Waals surface area contributed by atoms with Crippen LogP contribution in [-0.4, -0.2) is 64.4 Å². The van der Waals surface area contributed by atoms with Crippen molar-refractivity contribution in [2.24, 2.45) is 0 Å². The third-order valence-corrected chi connectivity index (χ3v) is 5.06. The zero-order valence-corrected chi connectivity index (χ0v) is 14.8. The van der Waals surface area contributed by atoms with Crippen LogP contribution in [0.4, 0.5) is 0 Å². The molecule has 2 fully saturated rings. The second kappa shape index (κ2) is 8.62. The molecular weight excluding hydrogens is 304 g/mol. The van der Waals surface area contributed by atoms with E-state index in [9.17, 15) is 4.79 Å². The lowest BCUT2D eigenvalue weighted by atomic mass is 10.1. The number of hydrogen-bond donors (Lipinski definition) is 0. The maximum Gasteiger partial charge on any atom is 0.222 e. The van der Waals surface area contributed by atoms with Crippen LogP contribution in [0.1, 0.15) is 44.6 Å². The Bertz CT molecular complexity index is 525. The number of aryl methyl sites for hydroxylation is 1. The Labute approximate surface area is 144 Å². The van der Waals surface area contributed by atoms with Crippen molar-refractivity contribution < 1.29 is 9.53 Å². The number of hydrogen-bond acceptors (Lipinski definition) is 4. The van der Waals surface area contributed by atoms with Crippen molar-refractivity contribution >= 4 is 5.91 Å². The predicted octanol–water partition coefficient (Wildman–Crippen LogP) is 1.90. The monoisotopic (exact) mass is 334 g/mol. The van der Waals surface area contributed by atoms with Crippen LogP contribution in [0, 0.1) is 0 Å². The van der Waals surface area contributed by atoms with E-state index in [1.54, 1.807) is 0 Å². The molecule has 0 aliphatic carbocycles. The summed E-state index contributed by atoms with van der Waals surface area (Å²) < 4.78 is 7.59. The first kappa shape index (κ1) is 17.4. The predicted molar refractivity (Wildman–Crippen MR) is 92.6 cm³/mol. The summed E-state index contributed by atoms with van der Waals surface area (Å²) in [4.78, 5) is 16.9. The Morgan fingerprint density at radius 2 is 2.21 bits per heavy atom. The molecule has 2 saturated heterocycles. The maximum atomic E-state index is 12.5. The molecule has 0 spiro atoms. The Balaban J connectivity index is 1.42. The number of carbonyl (C=O) groups excluding carboxylic acids is 1. The molecule has 1 aromatic heterocycles. The molecule has 2 aliphatic rings. The minimum absolute atomic E-state index is 0.297. The van der Waals surface area contributed by atoms with Gasteiger partial charge in [-0.1, -0.05) is 0 Å². The molecule has 0 unspecified atom stereocenters. The number of rotatable bonds is 6. The third-order valence-electron chi connectivity index (χ3n) is 5.06. The first-order valence-electron chi connectivity index (χ1n) is 9.37. The summed E-state index contributed by atoms with van der Waals surface area (Å²) in [6, 6.07) is 0. The fourth-order valence-corrected chi connectivity index (χ4v) is 3.61. The molecule has 1 aromatic rings. The van der Waals surface area contributed by atoms with Gasteiger partial charge in [0, 0.05) is 64.1 Å². The van der Waals surface area contributed by atoms with Crippen molar-refractivity contribution in [1.29, 1.82) is 0 Å². The van der Waals surface area contributed by atoms with E-state index >= 15 is 0 Å². The lowest BCUT2D eigenvalue weighted by Gasteiger charge is -2.22. The molecule has 0 bridgehead atoms. The second-order valence-electron chi connectivity index (χ2n) is 6.89. The van der Waals surface area contributed by atoms with Crippen molar-refractivity contribution in [2.45, 2.75) is 58.2 Å². The van der Waals surface area contributed by atoms with Crippen LogP contribution in [0.2, 0.25) is 0 Å². The average molecular weight is 334 g/mol. The van der Waals surface area contributed by atoms with Gasteiger partial charge in [0.2, 0.25) is 5.91 Å². The molecule has 24 heavy (non-hydrogen) atoms. The third kappa shape index (κ3) is 4.80. The summed E-state index contributed by atoms with van der Waals surface area (Å²) in [5.74, 6) is 0.297. The molecule has 0 N–H and O–H groups in total. The van der Waals surface area contributed by atoms with Crippen molar-refractivity contribution in [3.8, 4) is 0 Å². The van der Waals surface area contributed by atoms with Gasteiger partial charge in [-0.15, -0.1) is 0 Å². The van der Waals surface area contributed by atoms with Gasteiger partial charge >= 0.3 is 0 Å². The van der Waals surface area contributed by atoms with E-state index in [0.717, 1.165) is 71.6 Å². The van der Waals surface area contributed by atoms with E-state index in [1.807, 2.05) is 15.8 Å². The highest BCUT2D eigenvalue weighted by Gasteiger charge is 2.22. The fourth-order valence-electron chi connectivity index (χ4n) is 3.61. The minimum Gasteiger partial charge on any atom is -0.378 e. The van der Waals surface area contributed by atoms with Crippen LogP contribution >= 0.6 is 0 Å². The van der Waals surface area contributed by atoms with Gasteiger partial charge in [0.25, 0.3) is 0 Å². The highest BCUT2D eigenvalue weighted by atomic mass is 16.5. The summed E-state index contributed by atoms with van der Waals surface area (Å²) in [7, 11) is 0. The molecule has 1 amide bonds. The van der Waals surface area contributed by atoms with Crippen molar-refractivity contribution in [2.75, 3.05) is 32.8 Å². The topological polar surface area (TPSA) is 50.6 Å². The maximum absolute atomic E-state index is 12.5. The molecule has 0 radical (unpaired) electrons. The van der Waals surface area contributed by atoms with Gasteiger partial charge in [-0.25, -0.2) is 0 Å². The summed E-state index contributed by atoms with van der Waals surface area (Å²) >= 11 is 0. The van der Waals surface area contributed by atoms with E-state index in [2.05, 4.69) is 23.1 Å². The first-order chi connectivity index (χ1) is 11.7. The summed E-state index contributed by atoms with van der Waals surface area (Å²) in [6.07, 6.45) is 9.22. The van der Waals surface area contributed by atoms with Crippen LogP contribution in [0.5, 0.6) is 0 Å². The molecule has 0 aromatic carbocycles. The average Bonchev–Trinajstić information content (AvgIpc) is 3.21. The summed E-state index contributed by atoms with van der Waals surface area (Å²) in [6.45, 7) is 8.52. The molecule has 0 saturated carbocycles. The normalized spacial score (nSPS) is 22.7. The summed E-state index contributed by atoms with van der Waals surface area (Å²) in [5, 5.41) is 4.34. The summed E-state index contributed by atoms with van der Waals surface area (Å²) in [5.41, 5.74) is 1.26. The van der Waals surface area contributed by atoms with Gasteiger partial charge in [0.1, 0.15) is 0 Å². The molecule has 134 valence electrons.